The first-order valence-corrected chi connectivity index (χ1v) is 11.0. The fourth-order valence-electron chi connectivity index (χ4n) is 4.15. The van der Waals surface area contributed by atoms with Crippen LogP contribution in [0.4, 0.5) is 11.6 Å². The first-order chi connectivity index (χ1) is 15.3. The lowest BCUT2D eigenvalue weighted by molar-refractivity contribution is 0.409. The van der Waals surface area contributed by atoms with E-state index in [1.54, 1.807) is 17.1 Å². The number of nitrogens with one attached hydrogen (secondary N) is 2. The summed E-state index contributed by atoms with van der Waals surface area (Å²) in [6.07, 6.45) is 4.28. The van der Waals surface area contributed by atoms with Crippen molar-refractivity contribution in [3.8, 4) is 5.69 Å². The van der Waals surface area contributed by atoms with Gasteiger partial charge in [-0.25, -0.2) is 14.3 Å². The van der Waals surface area contributed by atoms with Crippen molar-refractivity contribution in [1.82, 2.24) is 24.6 Å². The van der Waals surface area contributed by atoms with Gasteiger partial charge < -0.3 is 15.1 Å². The molecule has 0 saturated carbocycles. The molecule has 0 fully saturated rings. The Morgan fingerprint density at radius 3 is 2.81 bits per heavy atom. The van der Waals surface area contributed by atoms with Crippen LogP contribution in [0, 0.1) is 0 Å². The van der Waals surface area contributed by atoms with Gasteiger partial charge in [-0.3, -0.25) is 4.79 Å². The third-order valence-electron chi connectivity index (χ3n) is 5.89. The van der Waals surface area contributed by atoms with E-state index in [1.807, 2.05) is 23.7 Å². The van der Waals surface area contributed by atoms with Gasteiger partial charge in [-0.15, -0.1) is 0 Å². The quantitative estimate of drug-likeness (QED) is 0.509. The second-order valence-electron chi connectivity index (χ2n) is 9.22. The van der Waals surface area contributed by atoms with E-state index in [0.29, 0.717) is 23.5 Å². The summed E-state index contributed by atoms with van der Waals surface area (Å²) < 4.78 is 9.30. The molecule has 1 aromatic carbocycles. The van der Waals surface area contributed by atoms with E-state index >= 15 is 0 Å². The molecule has 0 saturated heterocycles. The summed E-state index contributed by atoms with van der Waals surface area (Å²) in [6.45, 7) is 10.6. The number of hydrogen-bond donors (Lipinski definition) is 2. The molecule has 32 heavy (non-hydrogen) atoms. The number of aromatic nitrogens is 4. The molecular formula is C24H28N6O2. The molecule has 0 bridgehead atoms. The second-order valence-corrected chi connectivity index (χ2v) is 9.22. The number of furan rings is 1. The van der Waals surface area contributed by atoms with Crippen molar-refractivity contribution >= 4 is 22.7 Å². The van der Waals surface area contributed by atoms with Crippen LogP contribution in [0.1, 0.15) is 44.6 Å². The average molecular weight is 433 g/mol. The highest BCUT2D eigenvalue weighted by atomic mass is 16.3. The highest BCUT2D eigenvalue weighted by molar-refractivity contribution is 5.77. The first-order valence-electron chi connectivity index (χ1n) is 11.0. The van der Waals surface area contributed by atoms with Crippen LogP contribution in [0.25, 0.3) is 16.7 Å². The van der Waals surface area contributed by atoms with Crippen LogP contribution in [0.3, 0.4) is 0 Å². The van der Waals surface area contributed by atoms with Crippen LogP contribution in [-0.2, 0) is 24.9 Å². The standard InChI is InChI=1S/C24H28N6O2/c1-5-29-22(31)19-13-26-23(27-17-7-6-16-12-25-9-8-15(16)10-17)28-21(19)30(29)18-11-20(32-14-18)24(2,3)4/h6-7,10-11,13-14,25H,5,8-9,12H2,1-4H3,(H,26,27,28). The van der Waals surface area contributed by atoms with Crippen LogP contribution >= 0.6 is 0 Å². The van der Waals surface area contributed by atoms with E-state index in [2.05, 4.69) is 48.5 Å². The number of rotatable bonds is 4. The molecular weight excluding hydrogens is 404 g/mol. The molecule has 4 heterocycles. The highest BCUT2D eigenvalue weighted by Gasteiger charge is 2.22. The minimum Gasteiger partial charge on any atom is -0.466 e. The number of benzene rings is 1. The lowest BCUT2D eigenvalue weighted by Crippen LogP contribution is -2.23. The molecule has 0 aliphatic carbocycles. The molecule has 1 aliphatic rings. The minimum absolute atomic E-state index is 0.117. The van der Waals surface area contributed by atoms with Gasteiger partial charge in [0.2, 0.25) is 5.95 Å². The van der Waals surface area contributed by atoms with E-state index in [4.69, 9.17) is 9.40 Å². The predicted octanol–water partition coefficient (Wildman–Crippen LogP) is 3.88. The molecule has 1 aliphatic heterocycles. The molecule has 4 aromatic rings. The normalized spacial score (nSPS) is 14.0. The summed E-state index contributed by atoms with van der Waals surface area (Å²) >= 11 is 0. The molecule has 8 nitrogen and oxygen atoms in total. The average Bonchev–Trinajstić information content (AvgIpc) is 3.36. The zero-order valence-electron chi connectivity index (χ0n) is 18.9. The third-order valence-corrected chi connectivity index (χ3v) is 5.89. The van der Waals surface area contributed by atoms with Crippen molar-refractivity contribution in [1.29, 1.82) is 0 Å². The van der Waals surface area contributed by atoms with Crippen molar-refractivity contribution in [3.05, 3.63) is 64.0 Å². The molecule has 2 N–H and O–H groups in total. The summed E-state index contributed by atoms with van der Waals surface area (Å²) in [5.41, 5.74) is 4.66. The summed E-state index contributed by atoms with van der Waals surface area (Å²) in [7, 11) is 0. The molecule has 0 unspecified atom stereocenters. The number of anilines is 2. The van der Waals surface area contributed by atoms with E-state index < -0.39 is 0 Å². The van der Waals surface area contributed by atoms with Crippen LogP contribution in [-0.4, -0.2) is 25.9 Å². The molecule has 0 amide bonds. The van der Waals surface area contributed by atoms with E-state index in [0.717, 1.165) is 36.6 Å². The maximum atomic E-state index is 13.0. The van der Waals surface area contributed by atoms with Gasteiger partial charge >= 0.3 is 0 Å². The zero-order valence-corrected chi connectivity index (χ0v) is 18.9. The van der Waals surface area contributed by atoms with Crippen LogP contribution in [0.5, 0.6) is 0 Å². The Balaban J connectivity index is 1.58. The fourth-order valence-corrected chi connectivity index (χ4v) is 4.15. The summed E-state index contributed by atoms with van der Waals surface area (Å²) in [6, 6.07) is 8.29. The zero-order chi connectivity index (χ0) is 22.5. The van der Waals surface area contributed by atoms with Gasteiger partial charge in [0.15, 0.2) is 5.65 Å². The van der Waals surface area contributed by atoms with Gasteiger partial charge in [0.25, 0.3) is 5.56 Å². The monoisotopic (exact) mass is 432 g/mol. The maximum Gasteiger partial charge on any atom is 0.278 e. The van der Waals surface area contributed by atoms with Gasteiger partial charge in [-0.05, 0) is 43.1 Å². The lowest BCUT2D eigenvalue weighted by Gasteiger charge is -2.18. The lowest BCUT2D eigenvalue weighted by atomic mass is 9.93. The summed E-state index contributed by atoms with van der Waals surface area (Å²) in [5.74, 6) is 1.30. The van der Waals surface area contributed by atoms with Gasteiger partial charge in [-0.1, -0.05) is 26.8 Å². The van der Waals surface area contributed by atoms with Crippen molar-refractivity contribution in [2.24, 2.45) is 0 Å². The minimum atomic E-state index is -0.137. The molecule has 8 heteroatoms. The second kappa shape index (κ2) is 7.63. The Kier molecular flexibility index (Phi) is 4.89. The Labute approximate surface area is 186 Å². The van der Waals surface area contributed by atoms with Crippen LogP contribution in [0.15, 0.2) is 45.9 Å². The molecule has 3 aromatic heterocycles. The van der Waals surface area contributed by atoms with Gasteiger partial charge in [0, 0.05) is 36.5 Å². The molecule has 5 rings (SSSR count). The summed E-state index contributed by atoms with van der Waals surface area (Å²) in [4.78, 5) is 22.1. The Hall–Kier alpha value is -3.39. The van der Waals surface area contributed by atoms with E-state index in [9.17, 15) is 4.79 Å². The molecule has 0 spiro atoms. The topological polar surface area (TPSA) is 89.9 Å². The van der Waals surface area contributed by atoms with Crippen molar-refractivity contribution in [2.75, 3.05) is 11.9 Å². The fraction of sp³-hybridized carbons (Fsp3) is 0.375. The first kappa shape index (κ1) is 20.5. The Bertz CT molecular complexity index is 1360. The van der Waals surface area contributed by atoms with Crippen LogP contribution in [0.2, 0.25) is 0 Å². The van der Waals surface area contributed by atoms with E-state index in [-0.39, 0.29) is 11.0 Å². The van der Waals surface area contributed by atoms with Crippen LogP contribution < -0.4 is 16.2 Å². The van der Waals surface area contributed by atoms with Gasteiger partial charge in [0.05, 0.1) is 0 Å². The molecule has 166 valence electrons. The van der Waals surface area contributed by atoms with Crippen molar-refractivity contribution < 1.29 is 4.42 Å². The third kappa shape index (κ3) is 3.50. The van der Waals surface area contributed by atoms with Gasteiger partial charge in [0.1, 0.15) is 23.1 Å². The largest absolute Gasteiger partial charge is 0.466 e. The van der Waals surface area contributed by atoms with Crippen molar-refractivity contribution in [3.63, 3.8) is 0 Å². The number of fused-ring (bicyclic) bond motifs is 2. The maximum absolute atomic E-state index is 13.0. The van der Waals surface area contributed by atoms with Gasteiger partial charge in [-0.2, -0.15) is 4.98 Å². The smallest absolute Gasteiger partial charge is 0.278 e. The van der Waals surface area contributed by atoms with E-state index in [1.165, 1.54) is 11.1 Å². The molecule has 0 radical (unpaired) electrons. The number of hydrogen-bond acceptors (Lipinski definition) is 6. The molecule has 0 atom stereocenters. The Morgan fingerprint density at radius 1 is 1.22 bits per heavy atom. The number of nitrogens with zero attached hydrogens (tertiary/aromatic N) is 4. The highest BCUT2D eigenvalue weighted by Crippen LogP contribution is 2.27. The predicted molar refractivity (Wildman–Crippen MR) is 125 cm³/mol. The Morgan fingerprint density at radius 2 is 2.06 bits per heavy atom. The van der Waals surface area contributed by atoms with Crippen molar-refractivity contribution in [2.45, 2.75) is 52.6 Å². The SMILES string of the molecule is CCn1c(=O)c2cnc(Nc3ccc4c(c3)CCNC4)nc2n1-c1coc(C(C)(C)C)c1. The summed E-state index contributed by atoms with van der Waals surface area (Å²) in [5, 5.41) is 7.18.